The molecule has 0 spiro atoms. The van der Waals surface area contributed by atoms with E-state index in [1.807, 2.05) is 6.92 Å². The minimum Gasteiger partial charge on any atom is -0.384 e. The van der Waals surface area contributed by atoms with Crippen molar-refractivity contribution in [1.29, 1.82) is 0 Å². The fraction of sp³-hybridized carbons (Fsp3) is 0.500. The molecule has 0 unspecified atom stereocenters. The van der Waals surface area contributed by atoms with Crippen molar-refractivity contribution >= 4 is 21.4 Å². The molecule has 0 saturated carbocycles. The van der Waals surface area contributed by atoms with Crippen LogP contribution in [0, 0.1) is 10.1 Å². The van der Waals surface area contributed by atoms with Crippen LogP contribution in [0.4, 0.5) is 11.4 Å². The molecular weight excluding hydrogens is 282 g/mol. The summed E-state index contributed by atoms with van der Waals surface area (Å²) in [6, 6.07) is 3.72. The van der Waals surface area contributed by atoms with Gasteiger partial charge in [0.25, 0.3) is 5.69 Å². The molecule has 7 nitrogen and oxygen atoms in total. The van der Waals surface area contributed by atoms with E-state index in [1.54, 1.807) is 6.92 Å². The normalized spacial score (nSPS) is 11.6. The summed E-state index contributed by atoms with van der Waals surface area (Å²) in [6.07, 6.45) is 0.694. The minimum absolute atomic E-state index is 0.0564. The number of rotatable bonds is 7. The van der Waals surface area contributed by atoms with Gasteiger partial charge in [0.2, 0.25) is 10.0 Å². The van der Waals surface area contributed by atoms with Gasteiger partial charge < -0.3 is 5.32 Å². The molecule has 0 fully saturated rings. The lowest BCUT2D eigenvalue weighted by Gasteiger charge is -2.18. The first-order valence-electron chi connectivity index (χ1n) is 6.33. The number of nitrogens with one attached hydrogen (secondary N) is 1. The second-order valence-electron chi connectivity index (χ2n) is 4.29. The summed E-state index contributed by atoms with van der Waals surface area (Å²) in [5, 5.41) is 13.6. The molecule has 0 bridgehead atoms. The SMILES string of the molecule is CCCN(C)S(=O)(=O)c1ccc([N+](=O)[O-])cc1NCC. The Morgan fingerprint density at radius 1 is 1.35 bits per heavy atom. The number of anilines is 1. The molecule has 0 aromatic heterocycles. The maximum absolute atomic E-state index is 12.4. The van der Waals surface area contributed by atoms with Crippen molar-refractivity contribution in [3.63, 3.8) is 0 Å². The van der Waals surface area contributed by atoms with Crippen LogP contribution in [0.25, 0.3) is 0 Å². The molecule has 0 radical (unpaired) electrons. The van der Waals surface area contributed by atoms with Gasteiger partial charge in [-0.25, -0.2) is 12.7 Å². The van der Waals surface area contributed by atoms with E-state index in [1.165, 1.54) is 29.6 Å². The highest BCUT2D eigenvalue weighted by Gasteiger charge is 2.25. The third-order valence-corrected chi connectivity index (χ3v) is 4.68. The van der Waals surface area contributed by atoms with Crippen LogP contribution in [-0.4, -0.2) is 37.8 Å². The predicted molar refractivity (Wildman–Crippen MR) is 77.4 cm³/mol. The van der Waals surface area contributed by atoms with E-state index < -0.39 is 14.9 Å². The lowest BCUT2D eigenvalue weighted by Crippen LogP contribution is -2.28. The first-order chi connectivity index (χ1) is 9.34. The van der Waals surface area contributed by atoms with E-state index in [2.05, 4.69) is 5.32 Å². The van der Waals surface area contributed by atoms with Crippen molar-refractivity contribution in [3.8, 4) is 0 Å². The summed E-state index contributed by atoms with van der Waals surface area (Å²) in [4.78, 5) is 10.3. The Kier molecular flexibility index (Phi) is 5.46. The van der Waals surface area contributed by atoms with E-state index in [-0.39, 0.29) is 16.3 Å². The molecule has 1 aromatic rings. The van der Waals surface area contributed by atoms with Gasteiger partial charge in [-0.05, 0) is 19.4 Å². The number of nitrogens with zero attached hydrogens (tertiary/aromatic N) is 2. The summed E-state index contributed by atoms with van der Waals surface area (Å²) in [5.41, 5.74) is 0.114. The highest BCUT2D eigenvalue weighted by Crippen LogP contribution is 2.28. The van der Waals surface area contributed by atoms with Crippen molar-refractivity contribution in [1.82, 2.24) is 4.31 Å². The van der Waals surface area contributed by atoms with Gasteiger partial charge >= 0.3 is 0 Å². The van der Waals surface area contributed by atoms with Crippen LogP contribution >= 0.6 is 0 Å². The molecule has 8 heteroatoms. The number of nitro benzene ring substituents is 1. The summed E-state index contributed by atoms with van der Waals surface area (Å²) < 4.78 is 26.1. The number of nitro groups is 1. The summed E-state index contributed by atoms with van der Waals surface area (Å²) >= 11 is 0. The van der Waals surface area contributed by atoms with Gasteiger partial charge in [-0.2, -0.15) is 0 Å². The molecule has 1 N–H and O–H groups in total. The van der Waals surface area contributed by atoms with Crippen molar-refractivity contribution in [2.45, 2.75) is 25.2 Å². The zero-order valence-corrected chi connectivity index (χ0v) is 12.6. The van der Waals surface area contributed by atoms with E-state index in [9.17, 15) is 18.5 Å². The topological polar surface area (TPSA) is 92.5 Å². The maximum Gasteiger partial charge on any atom is 0.271 e. The fourth-order valence-electron chi connectivity index (χ4n) is 1.79. The molecule has 0 amide bonds. The maximum atomic E-state index is 12.4. The van der Waals surface area contributed by atoms with Gasteiger partial charge in [-0.3, -0.25) is 10.1 Å². The molecule has 20 heavy (non-hydrogen) atoms. The predicted octanol–water partition coefficient (Wildman–Crippen LogP) is 2.06. The summed E-state index contributed by atoms with van der Waals surface area (Å²) in [6.45, 7) is 4.55. The second kappa shape index (κ2) is 6.67. The largest absolute Gasteiger partial charge is 0.384 e. The van der Waals surface area contributed by atoms with Crippen LogP contribution in [-0.2, 0) is 10.0 Å². The van der Waals surface area contributed by atoms with Crippen LogP contribution in [0.5, 0.6) is 0 Å². The highest BCUT2D eigenvalue weighted by molar-refractivity contribution is 7.89. The zero-order chi connectivity index (χ0) is 15.3. The fourth-order valence-corrected chi connectivity index (χ4v) is 3.20. The van der Waals surface area contributed by atoms with Gasteiger partial charge in [0.15, 0.2) is 0 Å². The van der Waals surface area contributed by atoms with Crippen LogP contribution in [0.15, 0.2) is 23.1 Å². The average molecular weight is 301 g/mol. The standard InChI is InChI=1S/C12H19N3O4S/c1-4-8-14(3)20(18,19)12-7-6-10(15(16)17)9-11(12)13-5-2/h6-7,9,13H,4-5,8H2,1-3H3. The molecule has 0 aliphatic carbocycles. The molecule has 112 valence electrons. The number of hydrogen-bond donors (Lipinski definition) is 1. The Labute approximate surface area is 118 Å². The summed E-state index contributed by atoms with van der Waals surface area (Å²) in [5.74, 6) is 0. The zero-order valence-electron chi connectivity index (χ0n) is 11.8. The molecule has 1 aromatic carbocycles. The molecular formula is C12H19N3O4S. The Morgan fingerprint density at radius 3 is 2.50 bits per heavy atom. The molecule has 0 aliphatic heterocycles. The molecule has 0 heterocycles. The van der Waals surface area contributed by atoms with Crippen molar-refractivity contribution in [2.75, 3.05) is 25.5 Å². The van der Waals surface area contributed by atoms with Crippen molar-refractivity contribution < 1.29 is 13.3 Å². The van der Waals surface area contributed by atoms with E-state index in [0.717, 1.165) is 0 Å². The van der Waals surface area contributed by atoms with Crippen LogP contribution in [0.3, 0.4) is 0 Å². The van der Waals surface area contributed by atoms with Crippen LogP contribution < -0.4 is 5.32 Å². The molecule has 0 saturated heterocycles. The molecule has 0 atom stereocenters. The van der Waals surface area contributed by atoms with Gasteiger partial charge in [0.1, 0.15) is 4.90 Å². The minimum atomic E-state index is -3.65. The quantitative estimate of drug-likeness (QED) is 0.614. The lowest BCUT2D eigenvalue weighted by molar-refractivity contribution is -0.384. The molecule has 0 aliphatic rings. The lowest BCUT2D eigenvalue weighted by atomic mass is 10.3. The number of non-ortho nitro benzene ring substituents is 1. The van der Waals surface area contributed by atoms with Crippen LogP contribution in [0.1, 0.15) is 20.3 Å². The van der Waals surface area contributed by atoms with Gasteiger partial charge in [0, 0.05) is 32.3 Å². The van der Waals surface area contributed by atoms with Gasteiger partial charge in [-0.15, -0.1) is 0 Å². The highest BCUT2D eigenvalue weighted by atomic mass is 32.2. The van der Waals surface area contributed by atoms with E-state index >= 15 is 0 Å². The van der Waals surface area contributed by atoms with Crippen molar-refractivity contribution in [2.24, 2.45) is 0 Å². The smallest absolute Gasteiger partial charge is 0.271 e. The van der Waals surface area contributed by atoms with E-state index in [0.29, 0.717) is 19.5 Å². The van der Waals surface area contributed by atoms with E-state index in [4.69, 9.17) is 0 Å². The third kappa shape index (κ3) is 3.45. The Morgan fingerprint density at radius 2 is 2.00 bits per heavy atom. The number of sulfonamides is 1. The van der Waals surface area contributed by atoms with Gasteiger partial charge in [-0.1, -0.05) is 6.92 Å². The Bertz CT molecular complexity index is 586. The average Bonchev–Trinajstić information content (AvgIpc) is 2.39. The first-order valence-corrected chi connectivity index (χ1v) is 7.77. The number of benzene rings is 1. The van der Waals surface area contributed by atoms with Gasteiger partial charge in [0.05, 0.1) is 10.6 Å². The Balaban J connectivity index is 3.33. The Hall–Kier alpha value is -1.67. The monoisotopic (exact) mass is 301 g/mol. The number of hydrogen-bond acceptors (Lipinski definition) is 5. The summed E-state index contributed by atoms with van der Waals surface area (Å²) in [7, 11) is -2.15. The van der Waals surface area contributed by atoms with Crippen LogP contribution in [0.2, 0.25) is 0 Å². The second-order valence-corrected chi connectivity index (χ2v) is 6.31. The third-order valence-electron chi connectivity index (χ3n) is 2.77. The molecule has 1 rings (SSSR count). The first kappa shape index (κ1) is 16.4. The van der Waals surface area contributed by atoms with Crippen molar-refractivity contribution in [3.05, 3.63) is 28.3 Å².